The zero-order chi connectivity index (χ0) is 37.2. The highest BCUT2D eigenvalue weighted by molar-refractivity contribution is 8.00. The molecule has 2 saturated heterocycles. The summed E-state index contributed by atoms with van der Waals surface area (Å²) in [7, 11) is 0. The number of hydrogen-bond donors (Lipinski definition) is 5. The van der Waals surface area contributed by atoms with Crippen molar-refractivity contribution in [3.63, 3.8) is 0 Å². The fourth-order valence-corrected chi connectivity index (χ4v) is 6.52. The van der Waals surface area contributed by atoms with E-state index in [2.05, 4.69) is 26.6 Å². The molecule has 0 spiro atoms. The van der Waals surface area contributed by atoms with E-state index in [1.54, 1.807) is 19.4 Å². The Balaban J connectivity index is 1.99. The van der Waals surface area contributed by atoms with Gasteiger partial charge in [-0.25, -0.2) is 0 Å². The maximum atomic E-state index is 13.0. The summed E-state index contributed by atoms with van der Waals surface area (Å²) < 4.78 is 5.30. The second-order valence-electron chi connectivity index (χ2n) is 11.7. The van der Waals surface area contributed by atoms with Gasteiger partial charge in [-0.3, -0.25) is 53.0 Å². The van der Waals surface area contributed by atoms with Crippen molar-refractivity contribution in [3.8, 4) is 0 Å². The molecular formula is C30H47N7O10S2. The number of carbonyl (C=O) groups is 9. The van der Waals surface area contributed by atoms with E-state index in [4.69, 9.17) is 4.74 Å². The van der Waals surface area contributed by atoms with Crippen LogP contribution in [0.5, 0.6) is 0 Å². The van der Waals surface area contributed by atoms with E-state index in [1.165, 1.54) is 58.1 Å². The van der Waals surface area contributed by atoms with Gasteiger partial charge in [-0.2, -0.15) is 23.5 Å². The van der Waals surface area contributed by atoms with Crippen molar-refractivity contribution in [3.05, 3.63) is 0 Å². The van der Waals surface area contributed by atoms with Gasteiger partial charge in [0.05, 0.1) is 22.8 Å². The van der Waals surface area contributed by atoms with Gasteiger partial charge in [-0.05, 0) is 54.1 Å². The number of nitrogens with one attached hydrogen (secondary N) is 5. The highest BCUT2D eigenvalue weighted by atomic mass is 32.2. The first-order chi connectivity index (χ1) is 22.9. The molecule has 0 aromatic heterocycles. The van der Waals surface area contributed by atoms with Gasteiger partial charge >= 0.3 is 0 Å². The van der Waals surface area contributed by atoms with Crippen LogP contribution in [0.15, 0.2) is 0 Å². The molecule has 0 aliphatic carbocycles. The van der Waals surface area contributed by atoms with E-state index in [9.17, 15) is 43.2 Å². The number of hydrogen-bond acceptors (Lipinski definition) is 12. The van der Waals surface area contributed by atoms with Crippen LogP contribution in [0, 0.1) is 0 Å². The van der Waals surface area contributed by atoms with Crippen LogP contribution in [0.1, 0.15) is 67.2 Å². The highest BCUT2D eigenvalue weighted by Gasteiger charge is 2.44. The molecular weight excluding hydrogens is 683 g/mol. The summed E-state index contributed by atoms with van der Waals surface area (Å²) >= 11 is 2.44. The van der Waals surface area contributed by atoms with Gasteiger partial charge in [-0.1, -0.05) is 0 Å². The molecule has 274 valence electrons. The van der Waals surface area contributed by atoms with Gasteiger partial charge in [0, 0.05) is 38.3 Å². The Kier molecular flexibility index (Phi) is 16.0. The second-order valence-corrected chi connectivity index (χ2v) is 13.8. The molecule has 7 unspecified atom stereocenters. The fraction of sp³-hybridized carbons (Fsp3) is 0.700. The molecule has 7 atom stereocenters. The van der Waals surface area contributed by atoms with Crippen molar-refractivity contribution in [2.45, 2.75) is 114 Å². The molecule has 19 heteroatoms. The number of carbonyl (C=O) groups excluding carboxylic acids is 9. The lowest BCUT2D eigenvalue weighted by Gasteiger charge is -2.26. The number of imide groups is 2. The molecule has 0 aromatic rings. The Morgan fingerprint density at radius 1 is 0.673 bits per heavy atom. The third-order valence-corrected chi connectivity index (χ3v) is 9.73. The first kappa shape index (κ1) is 41.5. The van der Waals surface area contributed by atoms with Crippen LogP contribution >= 0.6 is 23.5 Å². The minimum Gasteiger partial charge on any atom is -0.369 e. The minimum absolute atomic E-state index is 0.00384. The quantitative estimate of drug-likeness (QED) is 0.0810. The number of rotatable bonds is 18. The van der Waals surface area contributed by atoms with E-state index in [0.29, 0.717) is 0 Å². The Labute approximate surface area is 293 Å². The van der Waals surface area contributed by atoms with E-state index < -0.39 is 100 Å². The molecule has 17 nitrogen and oxygen atoms in total. The van der Waals surface area contributed by atoms with E-state index >= 15 is 0 Å². The lowest BCUT2D eigenvalue weighted by Crippen LogP contribution is -2.55. The van der Waals surface area contributed by atoms with E-state index in [1.807, 2.05) is 0 Å². The van der Waals surface area contributed by atoms with Crippen LogP contribution in [0.2, 0.25) is 0 Å². The Morgan fingerprint density at radius 3 is 1.39 bits per heavy atom. The number of amides is 9. The lowest BCUT2D eigenvalue weighted by atomic mass is 10.1. The smallest absolute Gasteiger partial charge is 0.249 e. The van der Waals surface area contributed by atoms with Crippen molar-refractivity contribution in [2.24, 2.45) is 0 Å². The predicted octanol–water partition coefficient (Wildman–Crippen LogP) is -1.41. The van der Waals surface area contributed by atoms with Crippen LogP contribution in [0.4, 0.5) is 0 Å². The topological polar surface area (TPSA) is 229 Å². The summed E-state index contributed by atoms with van der Waals surface area (Å²) in [5.74, 6) is -5.05. The van der Waals surface area contributed by atoms with Crippen LogP contribution in [0.3, 0.4) is 0 Å². The summed E-state index contributed by atoms with van der Waals surface area (Å²) in [6.07, 6.45) is -0.174. The molecule has 2 heterocycles. The zero-order valence-electron chi connectivity index (χ0n) is 28.9. The van der Waals surface area contributed by atoms with Crippen molar-refractivity contribution >= 4 is 76.7 Å². The standard InChI is InChI=1S/C30H47N7O10S2/c1-9-47-16(4)28(44)35-19(10-22(38)31-17(5)33-26(42)14(2)36-24(40)12-20(48-7)29(36)45)11-23(39)32-18(6)34-27(43)15(3)37-25(41)13-21(49-8)30(37)46/h14-21H,9-13H2,1-8H3,(H,31,38)(H,32,39)(H,33,42)(H,34,43)(H,35,44). The van der Waals surface area contributed by atoms with Crippen molar-refractivity contribution in [1.29, 1.82) is 0 Å². The summed E-state index contributed by atoms with van der Waals surface area (Å²) in [6, 6.07) is -3.26. The van der Waals surface area contributed by atoms with Gasteiger partial charge < -0.3 is 31.3 Å². The summed E-state index contributed by atoms with van der Waals surface area (Å²) in [5, 5.41) is 11.7. The van der Waals surface area contributed by atoms with Crippen LogP contribution in [-0.4, -0.2) is 129 Å². The summed E-state index contributed by atoms with van der Waals surface area (Å²) in [6.45, 7) is 9.18. The van der Waals surface area contributed by atoms with Gasteiger partial charge in [0.15, 0.2) is 0 Å². The molecule has 2 fully saturated rings. The van der Waals surface area contributed by atoms with E-state index in [-0.39, 0.29) is 32.3 Å². The summed E-state index contributed by atoms with van der Waals surface area (Å²) in [4.78, 5) is 116. The normalized spacial score (nSPS) is 21.4. The maximum Gasteiger partial charge on any atom is 0.249 e. The van der Waals surface area contributed by atoms with Crippen LogP contribution in [0.25, 0.3) is 0 Å². The SMILES string of the molecule is CCOC(C)C(=O)NC(CC(=O)NC(C)NC(=O)C(C)N1C(=O)CC(SC)C1=O)CC(=O)NC(C)NC(=O)C(C)N1C(=O)CC(SC)C1=O. The van der Waals surface area contributed by atoms with Gasteiger partial charge in [0.1, 0.15) is 18.2 Å². The largest absolute Gasteiger partial charge is 0.369 e. The zero-order valence-corrected chi connectivity index (χ0v) is 30.6. The molecule has 0 saturated carbocycles. The first-order valence-corrected chi connectivity index (χ1v) is 18.4. The number of nitrogens with zero attached hydrogens (tertiary/aromatic N) is 2. The monoisotopic (exact) mass is 729 g/mol. The molecule has 2 aliphatic rings. The van der Waals surface area contributed by atoms with E-state index in [0.717, 1.165) is 9.80 Å². The average molecular weight is 730 g/mol. The molecule has 49 heavy (non-hydrogen) atoms. The predicted molar refractivity (Wildman–Crippen MR) is 180 cm³/mol. The van der Waals surface area contributed by atoms with Gasteiger partial charge in [0.25, 0.3) is 0 Å². The molecule has 2 aliphatic heterocycles. The van der Waals surface area contributed by atoms with Crippen molar-refractivity contribution < 1.29 is 47.9 Å². The molecule has 2 rings (SSSR count). The van der Waals surface area contributed by atoms with Crippen molar-refractivity contribution in [1.82, 2.24) is 36.4 Å². The van der Waals surface area contributed by atoms with Crippen LogP contribution in [-0.2, 0) is 47.9 Å². The van der Waals surface area contributed by atoms with Gasteiger partial charge in [-0.15, -0.1) is 0 Å². The second kappa shape index (κ2) is 18.9. The Bertz CT molecular complexity index is 1230. The lowest BCUT2D eigenvalue weighted by molar-refractivity contribution is -0.146. The third kappa shape index (κ3) is 11.4. The third-order valence-electron chi connectivity index (χ3n) is 7.85. The number of likely N-dealkylation sites (tertiary alicyclic amines) is 2. The number of ether oxygens (including phenoxy) is 1. The van der Waals surface area contributed by atoms with Crippen molar-refractivity contribution in [2.75, 3.05) is 19.1 Å². The maximum absolute atomic E-state index is 13.0. The highest BCUT2D eigenvalue weighted by Crippen LogP contribution is 2.26. The molecule has 0 radical (unpaired) electrons. The number of thioether (sulfide) groups is 2. The molecule has 5 N–H and O–H groups in total. The average Bonchev–Trinajstić information content (AvgIpc) is 3.47. The molecule has 9 amide bonds. The summed E-state index contributed by atoms with van der Waals surface area (Å²) in [5.41, 5.74) is 0. The van der Waals surface area contributed by atoms with Gasteiger partial charge in [0.2, 0.25) is 53.2 Å². The minimum atomic E-state index is -1.11. The van der Waals surface area contributed by atoms with Crippen LogP contribution < -0.4 is 26.6 Å². The fourth-order valence-electron chi connectivity index (χ4n) is 5.27. The first-order valence-electron chi connectivity index (χ1n) is 15.8. The Morgan fingerprint density at radius 2 is 1.06 bits per heavy atom. The Hall–Kier alpha value is -3.71. The molecule has 0 bridgehead atoms. The molecule has 0 aromatic carbocycles.